The van der Waals surface area contributed by atoms with Crippen molar-refractivity contribution in [3.05, 3.63) is 125 Å². The molecule has 8 nitrogen and oxygen atoms in total. The summed E-state index contributed by atoms with van der Waals surface area (Å²) in [5, 5.41) is 6.68. The van der Waals surface area contributed by atoms with Gasteiger partial charge in [0, 0.05) is 48.2 Å². The van der Waals surface area contributed by atoms with E-state index in [1.165, 1.54) is 12.1 Å². The molecule has 0 aliphatic heterocycles. The fourth-order valence-electron chi connectivity index (χ4n) is 5.72. The molecular weight excluding hydrogens is 567 g/mol. The maximum Gasteiger partial charge on any atom is 0.255 e. The molecule has 1 amide bonds. The summed E-state index contributed by atoms with van der Waals surface area (Å²) < 4.78 is 19.4. The van der Waals surface area contributed by atoms with E-state index in [0.717, 1.165) is 57.5 Å². The van der Waals surface area contributed by atoms with Gasteiger partial charge in [0.25, 0.3) is 5.91 Å². The van der Waals surface area contributed by atoms with Crippen LogP contribution in [-0.4, -0.2) is 39.5 Å². The monoisotopic (exact) mass is 602 g/mol. The highest BCUT2D eigenvalue weighted by Gasteiger charge is 2.48. The van der Waals surface area contributed by atoms with Gasteiger partial charge in [-0.2, -0.15) is 0 Å². The number of allylic oxidation sites excluding steroid dienone is 1. The standard InChI is InChI=1S/C36H35FN6O2/c1-5-38-30-19-22(2)27(32(33-39-17-18-40-33)23(3)24-7-10-26(37)11-8-24)21-28(30)25-9-12-31(45-4)29(20-25)34(44)43-36(13-14-36)35-41-15-6-16-42-35/h6-12,15-21,38H,5,13-14H2,1-4H3,(H,39,40)(H,43,44)/b32-23-. The molecule has 0 bridgehead atoms. The summed E-state index contributed by atoms with van der Waals surface area (Å²) in [7, 11) is 1.56. The average molecular weight is 603 g/mol. The molecule has 9 heteroatoms. The highest BCUT2D eigenvalue weighted by atomic mass is 19.1. The first kappa shape index (κ1) is 29.7. The van der Waals surface area contributed by atoms with Crippen LogP contribution in [0.4, 0.5) is 10.1 Å². The maximum absolute atomic E-state index is 13.8. The van der Waals surface area contributed by atoms with E-state index < -0.39 is 5.54 Å². The van der Waals surface area contributed by atoms with E-state index >= 15 is 0 Å². The van der Waals surface area contributed by atoms with Gasteiger partial charge in [0.1, 0.15) is 22.9 Å². The number of anilines is 1. The highest BCUT2D eigenvalue weighted by molar-refractivity contribution is 6.01. The van der Waals surface area contributed by atoms with Crippen LogP contribution < -0.4 is 15.4 Å². The second-order valence-electron chi connectivity index (χ2n) is 11.2. The molecule has 45 heavy (non-hydrogen) atoms. The van der Waals surface area contributed by atoms with Gasteiger partial charge in [-0.3, -0.25) is 4.79 Å². The number of rotatable bonds is 10. The lowest BCUT2D eigenvalue weighted by molar-refractivity contribution is 0.0925. The molecular formula is C36H35FN6O2. The number of aryl methyl sites for hydroxylation is 1. The normalized spacial score (nSPS) is 14.0. The highest BCUT2D eigenvalue weighted by Crippen LogP contribution is 2.44. The van der Waals surface area contributed by atoms with Gasteiger partial charge in [-0.05, 0) is 104 Å². The number of nitrogens with zero attached hydrogens (tertiary/aromatic N) is 3. The van der Waals surface area contributed by atoms with Crippen LogP contribution in [0.3, 0.4) is 0 Å². The molecule has 0 radical (unpaired) electrons. The largest absolute Gasteiger partial charge is 0.496 e. The number of ether oxygens (including phenoxy) is 1. The lowest BCUT2D eigenvalue weighted by Crippen LogP contribution is -2.36. The van der Waals surface area contributed by atoms with Crippen molar-refractivity contribution >= 4 is 22.7 Å². The minimum Gasteiger partial charge on any atom is -0.496 e. The van der Waals surface area contributed by atoms with Crippen molar-refractivity contribution in [3.8, 4) is 16.9 Å². The Labute approximate surface area is 261 Å². The van der Waals surface area contributed by atoms with Crippen molar-refractivity contribution < 1.29 is 13.9 Å². The predicted molar refractivity (Wildman–Crippen MR) is 174 cm³/mol. The van der Waals surface area contributed by atoms with E-state index in [4.69, 9.17) is 4.74 Å². The summed E-state index contributed by atoms with van der Waals surface area (Å²) >= 11 is 0. The second-order valence-corrected chi connectivity index (χ2v) is 11.2. The van der Waals surface area contributed by atoms with Crippen LogP contribution >= 0.6 is 0 Å². The summed E-state index contributed by atoms with van der Waals surface area (Å²) in [6.45, 7) is 6.84. The summed E-state index contributed by atoms with van der Waals surface area (Å²) in [6.07, 6.45) is 8.43. The summed E-state index contributed by atoms with van der Waals surface area (Å²) in [4.78, 5) is 30.5. The van der Waals surface area contributed by atoms with E-state index in [1.807, 2.05) is 32.0 Å². The fourth-order valence-corrected chi connectivity index (χ4v) is 5.72. The molecule has 3 aromatic carbocycles. The lowest BCUT2D eigenvalue weighted by Gasteiger charge is -2.20. The van der Waals surface area contributed by atoms with E-state index in [2.05, 4.69) is 49.6 Å². The zero-order valence-corrected chi connectivity index (χ0v) is 25.7. The molecule has 1 aliphatic carbocycles. The third-order valence-electron chi connectivity index (χ3n) is 8.24. The number of amides is 1. The van der Waals surface area contributed by atoms with Crippen LogP contribution in [0.25, 0.3) is 22.3 Å². The quantitative estimate of drug-likeness (QED) is 0.147. The average Bonchev–Trinajstić information content (AvgIpc) is 3.64. The Morgan fingerprint density at radius 3 is 2.40 bits per heavy atom. The second kappa shape index (κ2) is 12.4. The molecule has 1 saturated carbocycles. The smallest absolute Gasteiger partial charge is 0.255 e. The Hall–Kier alpha value is -5.31. The van der Waals surface area contributed by atoms with Crippen LogP contribution in [0.5, 0.6) is 5.75 Å². The Morgan fingerprint density at radius 1 is 1.00 bits per heavy atom. The van der Waals surface area contributed by atoms with E-state index in [9.17, 15) is 9.18 Å². The van der Waals surface area contributed by atoms with E-state index in [1.54, 1.807) is 50.1 Å². The molecule has 5 aromatic rings. The van der Waals surface area contributed by atoms with Crippen molar-refractivity contribution in [2.75, 3.05) is 19.0 Å². The number of H-pyrrole nitrogens is 1. The third kappa shape index (κ3) is 5.93. The number of aromatic nitrogens is 4. The number of hydrogen-bond donors (Lipinski definition) is 3. The molecule has 1 fully saturated rings. The van der Waals surface area contributed by atoms with Crippen molar-refractivity contribution in [1.29, 1.82) is 0 Å². The van der Waals surface area contributed by atoms with Gasteiger partial charge in [0.2, 0.25) is 0 Å². The molecule has 3 N–H and O–H groups in total. The summed E-state index contributed by atoms with van der Waals surface area (Å²) in [5.74, 6) is 1.25. The number of aromatic amines is 1. The molecule has 0 atom stereocenters. The van der Waals surface area contributed by atoms with E-state index in [-0.39, 0.29) is 11.7 Å². The Kier molecular flexibility index (Phi) is 8.17. The van der Waals surface area contributed by atoms with Crippen molar-refractivity contribution in [3.63, 3.8) is 0 Å². The van der Waals surface area contributed by atoms with Crippen molar-refractivity contribution in [2.24, 2.45) is 0 Å². The number of carbonyl (C=O) groups excluding carboxylic acids is 1. The molecule has 6 rings (SSSR count). The topological polar surface area (TPSA) is 105 Å². The maximum atomic E-state index is 13.8. The molecule has 228 valence electrons. The predicted octanol–water partition coefficient (Wildman–Crippen LogP) is 7.15. The summed E-state index contributed by atoms with van der Waals surface area (Å²) in [5.41, 5.74) is 7.27. The van der Waals surface area contributed by atoms with Gasteiger partial charge in [-0.25, -0.2) is 19.3 Å². The van der Waals surface area contributed by atoms with Crippen LogP contribution in [0.15, 0.2) is 85.5 Å². The number of benzene rings is 3. The minimum atomic E-state index is -0.577. The lowest BCUT2D eigenvalue weighted by atomic mass is 9.88. The Bertz CT molecular complexity index is 1860. The fraction of sp³-hybridized carbons (Fsp3) is 0.222. The van der Waals surface area contributed by atoms with Gasteiger partial charge < -0.3 is 20.4 Å². The zero-order valence-electron chi connectivity index (χ0n) is 25.7. The first-order valence-electron chi connectivity index (χ1n) is 15.0. The molecule has 0 spiro atoms. The van der Waals surface area contributed by atoms with E-state index in [0.29, 0.717) is 29.5 Å². The SMILES string of the molecule is CCNc1cc(C)c(/C(=C(\C)c2ccc(F)cc2)c2ncc[nH]2)cc1-c1ccc(OC)c(C(=O)NC2(c3ncccn3)CC2)c1. The molecule has 2 aromatic heterocycles. The number of carbonyl (C=O) groups is 1. The zero-order chi connectivity index (χ0) is 31.6. The first-order valence-corrected chi connectivity index (χ1v) is 15.0. The number of hydrogen-bond acceptors (Lipinski definition) is 6. The van der Waals surface area contributed by atoms with Gasteiger partial charge in [-0.1, -0.05) is 18.2 Å². The molecule has 1 aliphatic rings. The minimum absolute atomic E-state index is 0.251. The first-order chi connectivity index (χ1) is 21.8. The molecule has 0 saturated heterocycles. The Morgan fingerprint density at radius 2 is 1.76 bits per heavy atom. The van der Waals surface area contributed by atoms with Crippen LogP contribution in [-0.2, 0) is 5.54 Å². The van der Waals surface area contributed by atoms with Gasteiger partial charge in [-0.15, -0.1) is 0 Å². The third-order valence-corrected chi connectivity index (χ3v) is 8.24. The van der Waals surface area contributed by atoms with Crippen LogP contribution in [0.1, 0.15) is 65.4 Å². The number of imidazole rings is 1. The van der Waals surface area contributed by atoms with Crippen LogP contribution in [0.2, 0.25) is 0 Å². The number of nitrogens with one attached hydrogen (secondary N) is 3. The van der Waals surface area contributed by atoms with Crippen LogP contribution in [0, 0.1) is 12.7 Å². The molecule has 0 unspecified atom stereocenters. The van der Waals surface area contributed by atoms with Gasteiger partial charge in [0.15, 0.2) is 5.82 Å². The molecule has 2 heterocycles. The number of methoxy groups -OCH3 is 1. The summed E-state index contributed by atoms with van der Waals surface area (Å²) in [6, 6.07) is 18.1. The Balaban J connectivity index is 1.47. The number of halogens is 1. The van der Waals surface area contributed by atoms with Crippen molar-refractivity contribution in [1.82, 2.24) is 25.3 Å². The van der Waals surface area contributed by atoms with Gasteiger partial charge >= 0.3 is 0 Å². The van der Waals surface area contributed by atoms with Gasteiger partial charge in [0.05, 0.1) is 12.7 Å². The van der Waals surface area contributed by atoms with Crippen molar-refractivity contribution in [2.45, 2.75) is 39.2 Å².